The molecule has 0 aliphatic heterocycles. The third-order valence-electron chi connectivity index (χ3n) is 2.17. The molecule has 0 bridgehead atoms. The van der Waals surface area contributed by atoms with Crippen LogP contribution in [0.5, 0.6) is 0 Å². The molecule has 1 unspecified atom stereocenters. The summed E-state index contributed by atoms with van der Waals surface area (Å²) >= 11 is 0. The lowest BCUT2D eigenvalue weighted by atomic mass is 10.1. The Labute approximate surface area is 90.2 Å². The van der Waals surface area contributed by atoms with Crippen LogP contribution in [-0.4, -0.2) is 34.9 Å². The average Bonchev–Trinajstić information content (AvgIpc) is 2.16. The number of aromatic nitrogens is 1. The second-order valence-corrected chi connectivity index (χ2v) is 3.82. The van der Waals surface area contributed by atoms with Crippen molar-refractivity contribution in [3.05, 3.63) is 23.9 Å². The molecule has 0 amide bonds. The molecule has 0 spiro atoms. The number of anilines is 1. The summed E-state index contributed by atoms with van der Waals surface area (Å²) in [5, 5.41) is 18.8. The molecule has 0 fully saturated rings. The maximum absolute atomic E-state index is 9.56. The first-order chi connectivity index (χ1) is 7.02. The fourth-order valence-electron chi connectivity index (χ4n) is 1.54. The summed E-state index contributed by atoms with van der Waals surface area (Å²) in [4.78, 5) is 6.05. The molecule has 2 N–H and O–H groups in total. The SMILES string of the molecule is CC(O)CN(C)c1ncccc1[C@@H](C)O. The van der Waals surface area contributed by atoms with Crippen LogP contribution >= 0.6 is 0 Å². The van der Waals surface area contributed by atoms with Crippen molar-refractivity contribution in [1.29, 1.82) is 0 Å². The molecule has 2 atom stereocenters. The van der Waals surface area contributed by atoms with Gasteiger partial charge in [-0.05, 0) is 19.9 Å². The zero-order chi connectivity index (χ0) is 11.4. The Morgan fingerprint density at radius 2 is 2.07 bits per heavy atom. The zero-order valence-corrected chi connectivity index (χ0v) is 9.38. The third-order valence-corrected chi connectivity index (χ3v) is 2.17. The van der Waals surface area contributed by atoms with E-state index < -0.39 is 12.2 Å². The summed E-state index contributed by atoms with van der Waals surface area (Å²) in [6.45, 7) is 3.93. The van der Waals surface area contributed by atoms with Gasteiger partial charge in [0.25, 0.3) is 0 Å². The third kappa shape index (κ3) is 3.18. The lowest BCUT2D eigenvalue weighted by Crippen LogP contribution is -2.28. The number of aliphatic hydroxyl groups excluding tert-OH is 2. The standard InChI is InChI=1S/C11H18N2O2/c1-8(14)7-13(3)11-10(9(2)15)5-4-6-12-11/h4-6,8-9,14-15H,7H2,1-3H3/t8?,9-/m1/s1. The van der Waals surface area contributed by atoms with Crippen LogP contribution in [0.25, 0.3) is 0 Å². The number of nitrogens with zero attached hydrogens (tertiary/aromatic N) is 2. The van der Waals surface area contributed by atoms with Crippen molar-refractivity contribution in [2.75, 3.05) is 18.5 Å². The van der Waals surface area contributed by atoms with E-state index in [-0.39, 0.29) is 0 Å². The van der Waals surface area contributed by atoms with Crippen molar-refractivity contribution in [1.82, 2.24) is 4.98 Å². The number of hydrogen-bond acceptors (Lipinski definition) is 4. The van der Waals surface area contributed by atoms with Crippen molar-refractivity contribution in [2.24, 2.45) is 0 Å². The molecule has 4 nitrogen and oxygen atoms in total. The fraction of sp³-hybridized carbons (Fsp3) is 0.545. The summed E-state index contributed by atoms with van der Waals surface area (Å²) in [5.74, 6) is 0.716. The Balaban J connectivity index is 2.92. The second-order valence-electron chi connectivity index (χ2n) is 3.82. The molecule has 4 heteroatoms. The molecule has 0 saturated heterocycles. The van der Waals surface area contributed by atoms with Crippen LogP contribution < -0.4 is 4.90 Å². The number of pyridine rings is 1. The van der Waals surface area contributed by atoms with Crippen LogP contribution in [0.2, 0.25) is 0 Å². The van der Waals surface area contributed by atoms with Gasteiger partial charge in [-0.2, -0.15) is 0 Å². The van der Waals surface area contributed by atoms with Crippen LogP contribution in [0.1, 0.15) is 25.5 Å². The normalized spacial score (nSPS) is 14.7. The molecule has 1 aromatic rings. The minimum absolute atomic E-state index is 0.418. The predicted octanol–water partition coefficient (Wildman–Crippen LogP) is 0.952. The summed E-state index contributed by atoms with van der Waals surface area (Å²) in [6, 6.07) is 3.63. The highest BCUT2D eigenvalue weighted by atomic mass is 16.3. The van der Waals surface area contributed by atoms with Gasteiger partial charge in [0.1, 0.15) is 5.82 Å². The molecular weight excluding hydrogens is 192 g/mol. The van der Waals surface area contributed by atoms with Gasteiger partial charge in [0.2, 0.25) is 0 Å². The first kappa shape index (κ1) is 11.9. The van der Waals surface area contributed by atoms with Crippen molar-refractivity contribution < 1.29 is 10.2 Å². The molecule has 1 heterocycles. The van der Waals surface area contributed by atoms with Crippen molar-refractivity contribution in [3.8, 4) is 0 Å². The molecule has 0 saturated carbocycles. The van der Waals surface area contributed by atoms with Crippen molar-refractivity contribution in [2.45, 2.75) is 26.1 Å². The van der Waals surface area contributed by atoms with Gasteiger partial charge in [-0.15, -0.1) is 0 Å². The van der Waals surface area contributed by atoms with Gasteiger partial charge in [0, 0.05) is 25.4 Å². The molecule has 0 aromatic carbocycles. The first-order valence-corrected chi connectivity index (χ1v) is 5.04. The zero-order valence-electron chi connectivity index (χ0n) is 9.38. The number of likely N-dealkylation sites (N-methyl/N-ethyl adjacent to an activating group) is 1. The van der Waals surface area contributed by atoms with E-state index in [0.717, 1.165) is 5.56 Å². The van der Waals surface area contributed by atoms with Crippen molar-refractivity contribution in [3.63, 3.8) is 0 Å². The Morgan fingerprint density at radius 1 is 1.40 bits per heavy atom. The van der Waals surface area contributed by atoms with Crippen LogP contribution in [0.15, 0.2) is 18.3 Å². The van der Waals surface area contributed by atoms with Gasteiger partial charge in [-0.3, -0.25) is 0 Å². The van der Waals surface area contributed by atoms with E-state index in [1.54, 1.807) is 26.1 Å². The summed E-state index contributed by atoms with van der Waals surface area (Å²) in [5.41, 5.74) is 0.778. The Bertz CT molecular complexity index is 313. The van der Waals surface area contributed by atoms with Crippen LogP contribution in [-0.2, 0) is 0 Å². The molecule has 84 valence electrons. The minimum Gasteiger partial charge on any atom is -0.392 e. The summed E-state index contributed by atoms with van der Waals surface area (Å²) in [7, 11) is 1.85. The quantitative estimate of drug-likeness (QED) is 0.777. The minimum atomic E-state index is -0.551. The molecular formula is C11H18N2O2. The molecule has 0 radical (unpaired) electrons. The Morgan fingerprint density at radius 3 is 2.60 bits per heavy atom. The Hall–Kier alpha value is -1.13. The first-order valence-electron chi connectivity index (χ1n) is 5.04. The highest BCUT2D eigenvalue weighted by molar-refractivity contribution is 5.47. The highest BCUT2D eigenvalue weighted by Gasteiger charge is 2.13. The molecule has 0 aliphatic carbocycles. The lowest BCUT2D eigenvalue weighted by Gasteiger charge is -2.23. The van der Waals surface area contributed by atoms with Crippen LogP contribution in [0.4, 0.5) is 5.82 Å². The predicted molar refractivity (Wildman–Crippen MR) is 59.8 cm³/mol. The number of aliphatic hydroxyl groups is 2. The maximum atomic E-state index is 9.56. The maximum Gasteiger partial charge on any atom is 0.134 e. The largest absolute Gasteiger partial charge is 0.392 e. The topological polar surface area (TPSA) is 56.6 Å². The number of hydrogen-bond donors (Lipinski definition) is 2. The van der Waals surface area contributed by atoms with E-state index in [1.165, 1.54) is 0 Å². The number of rotatable bonds is 4. The lowest BCUT2D eigenvalue weighted by molar-refractivity contribution is 0.194. The second kappa shape index (κ2) is 5.09. The summed E-state index contributed by atoms with van der Waals surface area (Å²) in [6.07, 6.45) is 0.712. The Kier molecular flexibility index (Phi) is 4.05. The van der Waals surface area contributed by atoms with Gasteiger partial charge < -0.3 is 15.1 Å². The van der Waals surface area contributed by atoms with E-state index in [1.807, 2.05) is 18.0 Å². The van der Waals surface area contributed by atoms with Gasteiger partial charge in [0.15, 0.2) is 0 Å². The van der Waals surface area contributed by atoms with Gasteiger partial charge in [0.05, 0.1) is 12.2 Å². The molecule has 1 aromatic heterocycles. The van der Waals surface area contributed by atoms with Gasteiger partial charge in [-0.25, -0.2) is 4.98 Å². The molecule has 0 aliphatic rings. The van der Waals surface area contributed by atoms with Crippen LogP contribution in [0, 0.1) is 0 Å². The van der Waals surface area contributed by atoms with Gasteiger partial charge >= 0.3 is 0 Å². The van der Waals surface area contributed by atoms with E-state index in [4.69, 9.17) is 0 Å². The summed E-state index contributed by atoms with van der Waals surface area (Å²) < 4.78 is 0. The van der Waals surface area contributed by atoms with Crippen LogP contribution in [0.3, 0.4) is 0 Å². The van der Waals surface area contributed by atoms with E-state index >= 15 is 0 Å². The molecule has 15 heavy (non-hydrogen) atoms. The van der Waals surface area contributed by atoms with E-state index in [9.17, 15) is 10.2 Å². The molecule has 1 rings (SSSR count). The highest BCUT2D eigenvalue weighted by Crippen LogP contribution is 2.22. The van der Waals surface area contributed by atoms with Gasteiger partial charge in [-0.1, -0.05) is 6.07 Å². The monoisotopic (exact) mass is 210 g/mol. The fourth-order valence-corrected chi connectivity index (χ4v) is 1.54. The van der Waals surface area contributed by atoms with E-state index in [0.29, 0.717) is 12.4 Å². The van der Waals surface area contributed by atoms with E-state index in [2.05, 4.69) is 4.98 Å². The average molecular weight is 210 g/mol. The van der Waals surface area contributed by atoms with Crippen molar-refractivity contribution >= 4 is 5.82 Å². The smallest absolute Gasteiger partial charge is 0.134 e.